The molecule has 1 N–H and O–H groups in total. The second-order valence-corrected chi connectivity index (χ2v) is 5.39. The smallest absolute Gasteiger partial charge is 0.254 e. The number of carbonyl (C=O) groups excluding carboxylic acids is 1. The van der Waals surface area contributed by atoms with Crippen molar-refractivity contribution in [3.05, 3.63) is 51.4 Å². The lowest BCUT2D eigenvalue weighted by Gasteiger charge is -2.13. The third kappa shape index (κ3) is 3.31. The summed E-state index contributed by atoms with van der Waals surface area (Å²) in [5.41, 5.74) is 0.414. The fourth-order valence-electron chi connectivity index (χ4n) is 1.64. The summed E-state index contributed by atoms with van der Waals surface area (Å²) in [6, 6.07) is 7.50. The van der Waals surface area contributed by atoms with Crippen LogP contribution in [0.4, 0.5) is 0 Å². The van der Waals surface area contributed by atoms with Crippen molar-refractivity contribution >= 4 is 28.8 Å². The minimum Gasteiger partial charge on any atom is -0.349 e. The first-order valence-electron chi connectivity index (χ1n) is 5.60. The maximum absolute atomic E-state index is 12.0. The molecule has 0 fully saturated rings. The SMILES string of the molecule is CC(Cc1cccs1)NC(=O)c1cccnc1Cl. The van der Waals surface area contributed by atoms with E-state index in [0.717, 1.165) is 6.42 Å². The Labute approximate surface area is 115 Å². The van der Waals surface area contributed by atoms with Crippen LogP contribution in [-0.2, 0) is 6.42 Å². The summed E-state index contributed by atoms with van der Waals surface area (Å²) in [5.74, 6) is -0.183. The molecule has 0 aromatic carbocycles. The standard InChI is InChI=1S/C13H13ClN2OS/c1-9(8-10-4-3-7-18-10)16-13(17)11-5-2-6-15-12(11)14/h2-7,9H,8H2,1H3,(H,16,17). The van der Waals surface area contributed by atoms with E-state index in [1.54, 1.807) is 29.7 Å². The Morgan fingerprint density at radius 3 is 3.00 bits per heavy atom. The van der Waals surface area contributed by atoms with Gasteiger partial charge in [-0.1, -0.05) is 17.7 Å². The summed E-state index contributed by atoms with van der Waals surface area (Å²) in [5, 5.41) is 5.18. The van der Waals surface area contributed by atoms with Gasteiger partial charge in [0.25, 0.3) is 5.91 Å². The number of carbonyl (C=O) groups is 1. The molecule has 2 rings (SSSR count). The summed E-state index contributed by atoms with van der Waals surface area (Å²) in [7, 11) is 0. The molecule has 5 heteroatoms. The van der Waals surface area contributed by atoms with E-state index in [4.69, 9.17) is 11.6 Å². The zero-order chi connectivity index (χ0) is 13.0. The molecule has 18 heavy (non-hydrogen) atoms. The fourth-order valence-corrected chi connectivity index (χ4v) is 2.68. The minimum atomic E-state index is -0.183. The van der Waals surface area contributed by atoms with E-state index in [-0.39, 0.29) is 17.1 Å². The number of rotatable bonds is 4. The predicted octanol–water partition coefficient (Wildman–Crippen LogP) is 3.16. The molecular weight excluding hydrogens is 268 g/mol. The topological polar surface area (TPSA) is 42.0 Å². The van der Waals surface area contributed by atoms with E-state index in [9.17, 15) is 4.79 Å². The Bertz CT molecular complexity index is 528. The van der Waals surface area contributed by atoms with Crippen molar-refractivity contribution in [3.8, 4) is 0 Å². The summed E-state index contributed by atoms with van der Waals surface area (Å²) in [6.07, 6.45) is 2.38. The lowest BCUT2D eigenvalue weighted by atomic mass is 10.2. The molecule has 0 aliphatic carbocycles. The van der Waals surface area contributed by atoms with Gasteiger partial charge in [-0.3, -0.25) is 4.79 Å². The highest BCUT2D eigenvalue weighted by Crippen LogP contribution is 2.13. The number of nitrogens with zero attached hydrogens (tertiary/aromatic N) is 1. The highest BCUT2D eigenvalue weighted by Gasteiger charge is 2.13. The zero-order valence-corrected chi connectivity index (χ0v) is 11.5. The van der Waals surface area contributed by atoms with Gasteiger partial charge < -0.3 is 5.32 Å². The first-order chi connectivity index (χ1) is 8.66. The molecule has 0 saturated carbocycles. The Morgan fingerprint density at radius 1 is 1.50 bits per heavy atom. The maximum atomic E-state index is 12.0. The average Bonchev–Trinajstić information content (AvgIpc) is 2.82. The van der Waals surface area contributed by atoms with Gasteiger partial charge in [-0.05, 0) is 30.5 Å². The maximum Gasteiger partial charge on any atom is 0.254 e. The van der Waals surface area contributed by atoms with Gasteiger partial charge in [0.1, 0.15) is 5.15 Å². The largest absolute Gasteiger partial charge is 0.349 e. The second kappa shape index (κ2) is 5.98. The molecule has 2 aromatic rings. The average molecular weight is 281 g/mol. The van der Waals surface area contributed by atoms with Crippen molar-refractivity contribution in [3.63, 3.8) is 0 Å². The molecule has 0 saturated heterocycles. The van der Waals surface area contributed by atoms with Gasteiger partial charge in [-0.15, -0.1) is 11.3 Å². The number of hydrogen-bond donors (Lipinski definition) is 1. The van der Waals surface area contributed by atoms with Gasteiger partial charge in [0, 0.05) is 23.5 Å². The molecule has 1 unspecified atom stereocenters. The van der Waals surface area contributed by atoms with Crippen LogP contribution in [0.5, 0.6) is 0 Å². The number of aromatic nitrogens is 1. The number of nitrogens with one attached hydrogen (secondary N) is 1. The Kier molecular flexibility index (Phi) is 4.33. The normalized spacial score (nSPS) is 12.1. The van der Waals surface area contributed by atoms with E-state index >= 15 is 0 Å². The van der Waals surface area contributed by atoms with Gasteiger partial charge in [0.15, 0.2) is 0 Å². The number of halogens is 1. The Morgan fingerprint density at radius 2 is 2.33 bits per heavy atom. The van der Waals surface area contributed by atoms with Crippen LogP contribution in [0, 0.1) is 0 Å². The van der Waals surface area contributed by atoms with Gasteiger partial charge in [-0.25, -0.2) is 4.98 Å². The fraction of sp³-hybridized carbons (Fsp3) is 0.231. The number of thiophene rings is 1. The predicted molar refractivity (Wildman–Crippen MR) is 74.2 cm³/mol. The molecule has 2 heterocycles. The number of pyridine rings is 1. The van der Waals surface area contributed by atoms with E-state index in [1.165, 1.54) is 4.88 Å². The summed E-state index contributed by atoms with van der Waals surface area (Å²) >= 11 is 7.56. The molecule has 1 amide bonds. The first kappa shape index (κ1) is 13.1. The van der Waals surface area contributed by atoms with Crippen LogP contribution < -0.4 is 5.32 Å². The molecule has 3 nitrogen and oxygen atoms in total. The summed E-state index contributed by atoms with van der Waals surface area (Å²) in [4.78, 5) is 17.1. The van der Waals surface area contributed by atoms with Crippen LogP contribution in [0.2, 0.25) is 5.15 Å². The minimum absolute atomic E-state index is 0.0624. The third-order valence-electron chi connectivity index (χ3n) is 2.47. The van der Waals surface area contributed by atoms with Crippen molar-refractivity contribution in [2.75, 3.05) is 0 Å². The van der Waals surface area contributed by atoms with Gasteiger partial charge >= 0.3 is 0 Å². The zero-order valence-electron chi connectivity index (χ0n) is 9.89. The molecule has 1 atom stereocenters. The van der Waals surface area contributed by atoms with Crippen LogP contribution in [0.1, 0.15) is 22.2 Å². The molecule has 0 aliphatic heterocycles. The van der Waals surface area contributed by atoms with E-state index in [2.05, 4.69) is 16.4 Å². The highest BCUT2D eigenvalue weighted by atomic mass is 35.5. The van der Waals surface area contributed by atoms with E-state index < -0.39 is 0 Å². The quantitative estimate of drug-likeness (QED) is 0.874. The third-order valence-corrected chi connectivity index (χ3v) is 3.67. The van der Waals surface area contributed by atoms with Gasteiger partial charge in [-0.2, -0.15) is 0 Å². The van der Waals surface area contributed by atoms with Crippen molar-refractivity contribution in [2.45, 2.75) is 19.4 Å². The lowest BCUT2D eigenvalue weighted by Crippen LogP contribution is -2.34. The van der Waals surface area contributed by atoms with Crippen molar-refractivity contribution in [1.29, 1.82) is 0 Å². The molecule has 0 radical (unpaired) electrons. The molecule has 0 aliphatic rings. The molecule has 0 bridgehead atoms. The highest BCUT2D eigenvalue weighted by molar-refractivity contribution is 7.09. The lowest BCUT2D eigenvalue weighted by molar-refractivity contribution is 0.0940. The molecule has 2 aromatic heterocycles. The van der Waals surface area contributed by atoms with Crippen molar-refractivity contribution in [2.24, 2.45) is 0 Å². The summed E-state index contributed by atoms with van der Waals surface area (Å²) in [6.45, 7) is 1.97. The Hall–Kier alpha value is -1.39. The number of hydrogen-bond acceptors (Lipinski definition) is 3. The van der Waals surface area contributed by atoms with Crippen LogP contribution in [0.25, 0.3) is 0 Å². The van der Waals surface area contributed by atoms with Crippen LogP contribution in [0.3, 0.4) is 0 Å². The van der Waals surface area contributed by atoms with Gasteiger partial charge in [0.2, 0.25) is 0 Å². The van der Waals surface area contributed by atoms with Crippen LogP contribution >= 0.6 is 22.9 Å². The van der Waals surface area contributed by atoms with Crippen LogP contribution in [0.15, 0.2) is 35.8 Å². The van der Waals surface area contributed by atoms with E-state index in [1.807, 2.05) is 18.4 Å². The molecule has 0 spiro atoms. The Balaban J connectivity index is 1.97. The van der Waals surface area contributed by atoms with Crippen LogP contribution in [-0.4, -0.2) is 16.9 Å². The number of amides is 1. The van der Waals surface area contributed by atoms with Gasteiger partial charge in [0.05, 0.1) is 5.56 Å². The second-order valence-electron chi connectivity index (χ2n) is 4.00. The first-order valence-corrected chi connectivity index (χ1v) is 6.86. The van der Waals surface area contributed by atoms with E-state index in [0.29, 0.717) is 5.56 Å². The van der Waals surface area contributed by atoms with Crippen molar-refractivity contribution in [1.82, 2.24) is 10.3 Å². The molecular formula is C13H13ClN2OS. The summed E-state index contributed by atoms with van der Waals surface area (Å²) < 4.78 is 0. The monoisotopic (exact) mass is 280 g/mol. The molecule has 94 valence electrons. The van der Waals surface area contributed by atoms with Crippen molar-refractivity contribution < 1.29 is 4.79 Å².